The van der Waals surface area contributed by atoms with Crippen LogP contribution in [0.1, 0.15) is 38.8 Å². The van der Waals surface area contributed by atoms with Gasteiger partial charge in [0.2, 0.25) is 0 Å². The lowest BCUT2D eigenvalue weighted by Gasteiger charge is -2.26. The lowest BCUT2D eigenvalue weighted by Crippen LogP contribution is -2.36. The first-order chi connectivity index (χ1) is 9.62. The van der Waals surface area contributed by atoms with Crippen molar-refractivity contribution in [2.75, 3.05) is 6.54 Å². The second-order valence-electron chi connectivity index (χ2n) is 5.93. The number of hydrogen-bond acceptors (Lipinski definition) is 4. The van der Waals surface area contributed by atoms with Gasteiger partial charge in [-0.3, -0.25) is 10.1 Å². The lowest BCUT2D eigenvalue weighted by molar-refractivity contribution is -0.385. The Hall–Kier alpha value is -2.11. The Balaban J connectivity index is 2.91. The van der Waals surface area contributed by atoms with Gasteiger partial charge >= 0.3 is 6.09 Å². The van der Waals surface area contributed by atoms with Crippen LogP contribution < -0.4 is 0 Å². The van der Waals surface area contributed by atoms with Gasteiger partial charge in [-0.1, -0.05) is 6.07 Å². The summed E-state index contributed by atoms with van der Waals surface area (Å²) in [6, 6.07) is 4.83. The molecule has 0 aliphatic heterocycles. The van der Waals surface area contributed by atoms with Crippen LogP contribution in [0.25, 0.3) is 0 Å². The van der Waals surface area contributed by atoms with E-state index in [-0.39, 0.29) is 12.2 Å². The summed E-state index contributed by atoms with van der Waals surface area (Å²) in [7, 11) is 0. The van der Waals surface area contributed by atoms with Crippen molar-refractivity contribution in [3.05, 3.63) is 39.4 Å². The number of nitrogens with zero attached hydrogens (tertiary/aromatic N) is 2. The Morgan fingerprint density at radius 3 is 2.43 bits per heavy atom. The molecule has 1 aromatic carbocycles. The number of carbonyl (C=O) groups excluding carboxylic acids is 1. The van der Waals surface area contributed by atoms with Crippen LogP contribution in [0.4, 0.5) is 10.5 Å². The van der Waals surface area contributed by atoms with Gasteiger partial charge in [-0.05, 0) is 45.7 Å². The van der Waals surface area contributed by atoms with Crippen molar-refractivity contribution >= 4 is 11.8 Å². The maximum absolute atomic E-state index is 12.1. The Bertz CT molecular complexity index is 535. The van der Waals surface area contributed by atoms with Gasteiger partial charge in [0, 0.05) is 25.2 Å². The summed E-state index contributed by atoms with van der Waals surface area (Å²) in [6.07, 6.45) is -0.422. The van der Waals surface area contributed by atoms with E-state index < -0.39 is 16.6 Å². The first kappa shape index (κ1) is 16.9. The van der Waals surface area contributed by atoms with Crippen molar-refractivity contribution in [2.45, 2.75) is 46.8 Å². The normalized spacial score (nSPS) is 11.1. The van der Waals surface area contributed by atoms with Crippen LogP contribution in [0, 0.1) is 17.0 Å². The summed E-state index contributed by atoms with van der Waals surface area (Å²) in [6.45, 7) is 9.79. The molecule has 0 aliphatic carbocycles. The molecule has 0 saturated heterocycles. The average Bonchev–Trinajstić information content (AvgIpc) is 2.32. The quantitative estimate of drug-likeness (QED) is 0.627. The van der Waals surface area contributed by atoms with Crippen molar-refractivity contribution in [3.63, 3.8) is 0 Å². The summed E-state index contributed by atoms with van der Waals surface area (Å²) < 4.78 is 5.32. The molecule has 6 heteroatoms. The zero-order chi connectivity index (χ0) is 16.2. The number of aryl methyl sites for hydroxylation is 1. The summed E-state index contributed by atoms with van der Waals surface area (Å²) in [4.78, 5) is 24.0. The van der Waals surface area contributed by atoms with E-state index in [1.165, 1.54) is 17.0 Å². The van der Waals surface area contributed by atoms with Crippen LogP contribution in [0.3, 0.4) is 0 Å². The van der Waals surface area contributed by atoms with E-state index in [2.05, 4.69) is 0 Å². The molecule has 0 aliphatic rings. The van der Waals surface area contributed by atoms with E-state index in [9.17, 15) is 14.9 Å². The monoisotopic (exact) mass is 294 g/mol. The van der Waals surface area contributed by atoms with Crippen molar-refractivity contribution in [1.82, 2.24) is 4.90 Å². The molecule has 1 aromatic rings. The maximum Gasteiger partial charge on any atom is 0.410 e. The minimum Gasteiger partial charge on any atom is -0.444 e. The molecule has 116 valence electrons. The predicted octanol–water partition coefficient (Wildman–Crippen LogP) is 3.66. The summed E-state index contributed by atoms with van der Waals surface area (Å²) in [5, 5.41) is 10.9. The van der Waals surface area contributed by atoms with Crippen LogP contribution in [0.5, 0.6) is 0 Å². The van der Waals surface area contributed by atoms with Crippen LogP contribution in [-0.4, -0.2) is 28.1 Å². The fraction of sp³-hybridized carbons (Fsp3) is 0.533. The van der Waals surface area contributed by atoms with Gasteiger partial charge in [-0.15, -0.1) is 0 Å². The Morgan fingerprint density at radius 1 is 1.33 bits per heavy atom. The molecule has 1 rings (SSSR count). The third-order valence-electron chi connectivity index (χ3n) is 2.74. The highest BCUT2D eigenvalue weighted by molar-refractivity contribution is 5.68. The fourth-order valence-electron chi connectivity index (χ4n) is 1.89. The van der Waals surface area contributed by atoms with E-state index in [1.54, 1.807) is 27.7 Å². The zero-order valence-electron chi connectivity index (χ0n) is 13.2. The highest BCUT2D eigenvalue weighted by Crippen LogP contribution is 2.19. The van der Waals surface area contributed by atoms with Crippen molar-refractivity contribution in [3.8, 4) is 0 Å². The Morgan fingerprint density at radius 2 is 1.95 bits per heavy atom. The summed E-state index contributed by atoms with van der Waals surface area (Å²) in [5.74, 6) is 0. The van der Waals surface area contributed by atoms with Crippen LogP contribution >= 0.6 is 0 Å². The smallest absolute Gasteiger partial charge is 0.410 e. The number of carbonyl (C=O) groups is 1. The molecule has 0 N–H and O–H groups in total. The number of nitro groups is 1. The van der Waals surface area contributed by atoms with E-state index >= 15 is 0 Å². The van der Waals surface area contributed by atoms with Gasteiger partial charge in [0.25, 0.3) is 5.69 Å². The fourth-order valence-corrected chi connectivity index (χ4v) is 1.89. The minimum absolute atomic E-state index is 0.0326. The van der Waals surface area contributed by atoms with Gasteiger partial charge in [-0.25, -0.2) is 4.79 Å². The molecule has 0 atom stereocenters. The molecule has 0 heterocycles. The number of non-ortho nitro benzene ring substituents is 1. The third kappa shape index (κ3) is 5.41. The molecular weight excluding hydrogens is 272 g/mol. The molecule has 0 aromatic heterocycles. The van der Waals surface area contributed by atoms with Gasteiger partial charge in [0.05, 0.1) is 4.92 Å². The molecule has 0 fully saturated rings. The van der Waals surface area contributed by atoms with Gasteiger partial charge in [0.1, 0.15) is 5.60 Å². The Kier molecular flexibility index (Phi) is 5.29. The molecule has 0 spiro atoms. The number of benzene rings is 1. The molecule has 0 radical (unpaired) electrons. The largest absolute Gasteiger partial charge is 0.444 e. The van der Waals surface area contributed by atoms with Crippen molar-refractivity contribution < 1.29 is 14.5 Å². The topological polar surface area (TPSA) is 72.7 Å². The summed E-state index contributed by atoms with van der Waals surface area (Å²) >= 11 is 0. The first-order valence-corrected chi connectivity index (χ1v) is 6.85. The maximum atomic E-state index is 12.1. The van der Waals surface area contributed by atoms with E-state index in [0.29, 0.717) is 6.54 Å². The average molecular weight is 294 g/mol. The van der Waals surface area contributed by atoms with E-state index in [1.807, 2.05) is 13.0 Å². The molecule has 21 heavy (non-hydrogen) atoms. The SMILES string of the molecule is CCN(Cc1cc(C)cc([N+](=O)[O-])c1)C(=O)OC(C)(C)C. The van der Waals surface area contributed by atoms with E-state index in [4.69, 9.17) is 4.74 Å². The number of nitro benzene ring substituents is 1. The van der Waals surface area contributed by atoms with Crippen molar-refractivity contribution in [2.24, 2.45) is 0 Å². The third-order valence-corrected chi connectivity index (χ3v) is 2.74. The van der Waals surface area contributed by atoms with E-state index in [0.717, 1.165) is 11.1 Å². The zero-order valence-corrected chi connectivity index (χ0v) is 13.2. The second-order valence-corrected chi connectivity index (χ2v) is 5.93. The molecule has 0 bridgehead atoms. The molecule has 6 nitrogen and oxygen atoms in total. The first-order valence-electron chi connectivity index (χ1n) is 6.85. The second kappa shape index (κ2) is 6.56. The molecular formula is C15H22N2O4. The Labute approximate surface area is 124 Å². The number of hydrogen-bond donors (Lipinski definition) is 0. The number of rotatable bonds is 4. The number of amides is 1. The summed E-state index contributed by atoms with van der Waals surface area (Å²) in [5.41, 5.74) is 0.974. The van der Waals surface area contributed by atoms with Crippen LogP contribution in [0.15, 0.2) is 18.2 Å². The minimum atomic E-state index is -0.566. The molecule has 0 unspecified atom stereocenters. The van der Waals surface area contributed by atoms with Gasteiger partial charge < -0.3 is 9.64 Å². The highest BCUT2D eigenvalue weighted by atomic mass is 16.6. The van der Waals surface area contributed by atoms with Crippen LogP contribution in [-0.2, 0) is 11.3 Å². The molecule has 1 amide bonds. The van der Waals surface area contributed by atoms with Gasteiger partial charge in [0.15, 0.2) is 0 Å². The predicted molar refractivity (Wildman–Crippen MR) is 80.2 cm³/mol. The lowest BCUT2D eigenvalue weighted by atomic mass is 10.1. The standard InChI is InChI=1S/C15H22N2O4/c1-6-16(14(18)21-15(3,4)5)10-12-7-11(2)8-13(9-12)17(19)20/h7-9H,6,10H2,1-5H3. The molecule has 0 saturated carbocycles. The van der Waals surface area contributed by atoms with Crippen molar-refractivity contribution in [1.29, 1.82) is 0 Å². The number of ether oxygens (including phenoxy) is 1. The van der Waals surface area contributed by atoms with Crippen LogP contribution in [0.2, 0.25) is 0 Å². The van der Waals surface area contributed by atoms with Gasteiger partial charge in [-0.2, -0.15) is 0 Å². The highest BCUT2D eigenvalue weighted by Gasteiger charge is 2.21.